The molecule has 0 radical (unpaired) electrons. The molecular weight excluding hydrogens is 283 g/mol. The van der Waals surface area contributed by atoms with Crippen molar-refractivity contribution in [2.75, 3.05) is 7.05 Å². The number of para-hydroxylation sites is 1. The molecule has 21 heavy (non-hydrogen) atoms. The quantitative estimate of drug-likeness (QED) is 0.608. The van der Waals surface area contributed by atoms with Crippen molar-refractivity contribution in [3.8, 4) is 0 Å². The summed E-state index contributed by atoms with van der Waals surface area (Å²) in [5.74, 6) is 0. The minimum Gasteiger partial charge on any atom is -0.686 e. The monoisotopic (exact) mass is 304 g/mol. The second-order valence-electron chi connectivity index (χ2n) is 4.94. The van der Waals surface area contributed by atoms with Gasteiger partial charge in [-0.25, -0.2) is 0 Å². The summed E-state index contributed by atoms with van der Waals surface area (Å²) < 4.78 is 2.14. The molecular formula is C18H21KN2. The predicted octanol–water partition coefficient (Wildman–Crippen LogP) is 2.05. The summed E-state index contributed by atoms with van der Waals surface area (Å²) in [6.07, 6.45) is 6.24. The van der Waals surface area contributed by atoms with E-state index in [-0.39, 0.29) is 51.4 Å². The van der Waals surface area contributed by atoms with Crippen molar-refractivity contribution in [2.24, 2.45) is 7.05 Å². The van der Waals surface area contributed by atoms with E-state index in [1.807, 2.05) is 27.0 Å². The number of aryl methyl sites for hydroxylation is 1. The third-order valence-corrected chi connectivity index (χ3v) is 3.42. The molecule has 0 saturated heterocycles. The summed E-state index contributed by atoms with van der Waals surface area (Å²) in [6, 6.07) is 8.39. The first-order chi connectivity index (χ1) is 9.60. The Morgan fingerprint density at radius 3 is 2.52 bits per heavy atom. The first kappa shape index (κ1) is 18.5. The molecule has 2 nitrogen and oxygen atoms in total. The zero-order valence-electron chi connectivity index (χ0n) is 13.6. The average molecular weight is 304 g/mol. The summed E-state index contributed by atoms with van der Waals surface area (Å²) in [7, 11) is 3.90. The van der Waals surface area contributed by atoms with E-state index in [0.29, 0.717) is 0 Å². The van der Waals surface area contributed by atoms with Crippen molar-refractivity contribution in [3.63, 3.8) is 0 Å². The number of fused-ring (bicyclic) bond motifs is 1. The van der Waals surface area contributed by atoms with Crippen LogP contribution in [0.25, 0.3) is 21.9 Å². The van der Waals surface area contributed by atoms with Gasteiger partial charge in [-0.3, -0.25) is 0 Å². The van der Waals surface area contributed by atoms with Crippen LogP contribution in [0.4, 0.5) is 0 Å². The van der Waals surface area contributed by atoms with E-state index in [0.717, 1.165) is 22.4 Å². The van der Waals surface area contributed by atoms with Gasteiger partial charge < -0.3 is 9.88 Å². The maximum absolute atomic E-state index is 4.52. The maximum atomic E-state index is 4.52. The van der Waals surface area contributed by atoms with Crippen molar-refractivity contribution in [1.29, 1.82) is 0 Å². The largest absolute Gasteiger partial charge is 1.00 e. The van der Waals surface area contributed by atoms with Crippen LogP contribution in [0, 0.1) is 0 Å². The van der Waals surface area contributed by atoms with Crippen molar-refractivity contribution < 1.29 is 51.4 Å². The molecule has 0 saturated carbocycles. The van der Waals surface area contributed by atoms with Crippen LogP contribution in [0.5, 0.6) is 0 Å². The van der Waals surface area contributed by atoms with E-state index in [4.69, 9.17) is 0 Å². The van der Waals surface area contributed by atoms with Crippen LogP contribution in [0.2, 0.25) is 0 Å². The molecule has 0 atom stereocenters. The SMILES string of the molecule is C=C(C)C(/C=C\C)=C(\[N-]C)c1cn(C)c2ccccc12.[K+]. The first-order valence-electron chi connectivity index (χ1n) is 6.77. The van der Waals surface area contributed by atoms with Crippen LogP contribution in [-0.2, 0) is 7.05 Å². The zero-order chi connectivity index (χ0) is 14.7. The summed E-state index contributed by atoms with van der Waals surface area (Å²) in [5, 5.41) is 5.74. The molecule has 0 amide bonds. The smallest absolute Gasteiger partial charge is 0.686 e. The Labute approximate surface area is 170 Å². The van der Waals surface area contributed by atoms with Crippen molar-refractivity contribution >= 4 is 16.6 Å². The topological polar surface area (TPSA) is 19.0 Å². The molecule has 0 unspecified atom stereocenters. The molecule has 2 rings (SSSR count). The molecule has 0 aliphatic heterocycles. The number of nitrogens with zero attached hydrogens (tertiary/aromatic N) is 2. The van der Waals surface area contributed by atoms with E-state index in [9.17, 15) is 0 Å². The van der Waals surface area contributed by atoms with Crippen molar-refractivity contribution in [1.82, 2.24) is 4.57 Å². The summed E-state index contributed by atoms with van der Waals surface area (Å²) in [5.41, 5.74) is 5.47. The van der Waals surface area contributed by atoms with Gasteiger partial charge >= 0.3 is 51.4 Å². The zero-order valence-corrected chi connectivity index (χ0v) is 16.8. The summed E-state index contributed by atoms with van der Waals surface area (Å²) in [6.45, 7) is 8.11. The van der Waals surface area contributed by atoms with Gasteiger partial charge in [0.05, 0.1) is 0 Å². The average Bonchev–Trinajstić information content (AvgIpc) is 2.77. The Morgan fingerprint density at radius 1 is 1.29 bits per heavy atom. The van der Waals surface area contributed by atoms with Gasteiger partial charge in [0.1, 0.15) is 0 Å². The van der Waals surface area contributed by atoms with Gasteiger partial charge in [-0.2, -0.15) is 0 Å². The molecule has 0 spiro atoms. The van der Waals surface area contributed by atoms with Crippen LogP contribution in [0.15, 0.2) is 60.3 Å². The van der Waals surface area contributed by atoms with E-state index in [2.05, 4.69) is 60.0 Å². The molecule has 104 valence electrons. The van der Waals surface area contributed by atoms with Gasteiger partial charge in [0.2, 0.25) is 0 Å². The Morgan fingerprint density at radius 2 is 1.95 bits per heavy atom. The maximum Gasteiger partial charge on any atom is 1.00 e. The van der Waals surface area contributed by atoms with E-state index >= 15 is 0 Å². The third kappa shape index (κ3) is 3.79. The van der Waals surface area contributed by atoms with Gasteiger partial charge in [0, 0.05) is 24.1 Å². The van der Waals surface area contributed by atoms with Crippen LogP contribution in [-0.4, -0.2) is 11.6 Å². The molecule has 1 aromatic heterocycles. The van der Waals surface area contributed by atoms with E-state index in [1.165, 1.54) is 10.9 Å². The molecule has 0 aliphatic rings. The molecule has 3 heteroatoms. The van der Waals surface area contributed by atoms with Crippen molar-refractivity contribution in [3.05, 3.63) is 71.2 Å². The molecule has 1 aromatic carbocycles. The Bertz CT molecular complexity index is 705. The van der Waals surface area contributed by atoms with Crippen LogP contribution in [0.3, 0.4) is 0 Å². The Hall–Kier alpha value is -0.584. The number of allylic oxidation sites excluding steroid dienone is 4. The minimum absolute atomic E-state index is 0. The van der Waals surface area contributed by atoms with Gasteiger partial charge in [-0.05, 0) is 31.1 Å². The number of hydrogen-bond donors (Lipinski definition) is 0. The van der Waals surface area contributed by atoms with Crippen molar-refractivity contribution in [2.45, 2.75) is 13.8 Å². The fourth-order valence-corrected chi connectivity index (χ4v) is 2.51. The minimum atomic E-state index is 0. The fourth-order valence-electron chi connectivity index (χ4n) is 2.51. The normalized spacial score (nSPS) is 12.2. The van der Waals surface area contributed by atoms with Gasteiger partial charge in [-0.15, -0.1) is 12.7 Å². The number of benzene rings is 1. The molecule has 0 fully saturated rings. The first-order valence-corrected chi connectivity index (χ1v) is 6.77. The van der Waals surface area contributed by atoms with Gasteiger partial charge in [-0.1, -0.05) is 42.5 Å². The third-order valence-electron chi connectivity index (χ3n) is 3.42. The molecule has 0 N–H and O–H groups in total. The molecule has 1 heterocycles. The van der Waals surface area contributed by atoms with Crippen LogP contribution >= 0.6 is 0 Å². The van der Waals surface area contributed by atoms with E-state index in [1.54, 1.807) is 0 Å². The number of rotatable bonds is 4. The number of aromatic nitrogens is 1. The standard InChI is InChI=1S/C18H21N2.K/c1-6-9-14(13(2)3)18(19-4)16-12-20(5)17-11-8-7-10-15(16)17;/h6-12H,2H2,1,3-5H3;/q-1;+1/b9-6-,18-14-;. The second kappa shape index (κ2) is 8.16. The summed E-state index contributed by atoms with van der Waals surface area (Å²) in [4.78, 5) is 0. The predicted molar refractivity (Wildman–Crippen MR) is 88.8 cm³/mol. The second-order valence-corrected chi connectivity index (χ2v) is 4.94. The van der Waals surface area contributed by atoms with Gasteiger partial charge in [0.15, 0.2) is 0 Å². The number of hydrogen-bond acceptors (Lipinski definition) is 0. The summed E-state index contributed by atoms with van der Waals surface area (Å²) >= 11 is 0. The molecule has 2 aromatic rings. The van der Waals surface area contributed by atoms with Gasteiger partial charge in [0.25, 0.3) is 0 Å². The Kier molecular flexibility index (Phi) is 7.17. The molecule has 0 bridgehead atoms. The molecule has 0 aliphatic carbocycles. The van der Waals surface area contributed by atoms with E-state index < -0.39 is 0 Å². The van der Waals surface area contributed by atoms with Crippen LogP contribution < -0.4 is 51.4 Å². The fraction of sp³-hybridized carbons (Fsp3) is 0.222. The Balaban J connectivity index is 0.00000220. The van der Waals surface area contributed by atoms with Crippen LogP contribution in [0.1, 0.15) is 19.4 Å².